The topological polar surface area (TPSA) is 31.6 Å². The summed E-state index contributed by atoms with van der Waals surface area (Å²) in [7, 11) is -0.356. The predicted octanol–water partition coefficient (Wildman–Crippen LogP) is 6.71. The average molecular weight is 420 g/mol. The van der Waals surface area contributed by atoms with Crippen molar-refractivity contribution in [2.45, 2.75) is 38.9 Å². The SMILES string of the molecule is CC1(C)OB(c2ccc(-c3cccc4oc5cc6ccccc6cc5c34)cc2)OC1(C)C. The molecule has 1 fully saturated rings. The first-order valence-electron chi connectivity index (χ1n) is 11.1. The highest BCUT2D eigenvalue weighted by molar-refractivity contribution is 6.62. The van der Waals surface area contributed by atoms with Gasteiger partial charge in [-0.05, 0) is 73.3 Å². The lowest BCUT2D eigenvalue weighted by Crippen LogP contribution is -2.41. The van der Waals surface area contributed by atoms with Gasteiger partial charge in [-0.1, -0.05) is 60.7 Å². The molecule has 0 radical (unpaired) electrons. The molecule has 4 aromatic carbocycles. The van der Waals surface area contributed by atoms with E-state index in [1.807, 2.05) is 6.07 Å². The standard InChI is InChI=1S/C28H25BO3/c1-27(2)28(3,4)32-29(31-27)21-14-12-18(13-15-21)22-10-7-11-24-26(22)23-16-19-8-5-6-9-20(19)17-25(23)30-24/h5-17H,1-4H3. The molecule has 0 spiro atoms. The third-order valence-electron chi connectivity index (χ3n) is 7.11. The summed E-state index contributed by atoms with van der Waals surface area (Å²) >= 11 is 0. The first-order chi connectivity index (χ1) is 15.3. The summed E-state index contributed by atoms with van der Waals surface area (Å²) in [6, 6.07) is 27.5. The molecular weight excluding hydrogens is 395 g/mol. The Balaban J connectivity index is 1.45. The third kappa shape index (κ3) is 2.91. The molecule has 1 aliphatic heterocycles. The molecule has 0 amide bonds. The van der Waals surface area contributed by atoms with Crippen LogP contribution < -0.4 is 5.46 Å². The second-order valence-corrected chi connectivity index (χ2v) is 9.69. The minimum atomic E-state index is -0.356. The highest BCUT2D eigenvalue weighted by Crippen LogP contribution is 2.39. The minimum absolute atomic E-state index is 0.347. The molecule has 0 saturated carbocycles. The minimum Gasteiger partial charge on any atom is -0.456 e. The summed E-state index contributed by atoms with van der Waals surface area (Å²) in [5, 5.41) is 4.70. The largest absolute Gasteiger partial charge is 0.494 e. The molecule has 0 unspecified atom stereocenters. The predicted molar refractivity (Wildman–Crippen MR) is 132 cm³/mol. The van der Waals surface area contributed by atoms with Crippen LogP contribution in [0.3, 0.4) is 0 Å². The summed E-state index contributed by atoms with van der Waals surface area (Å²) in [6.45, 7) is 8.32. The Bertz CT molecular complexity index is 1460. The molecule has 0 aliphatic carbocycles. The lowest BCUT2D eigenvalue weighted by atomic mass is 9.78. The molecule has 0 atom stereocenters. The zero-order chi connectivity index (χ0) is 22.1. The molecule has 4 heteroatoms. The van der Waals surface area contributed by atoms with Crippen LogP contribution in [0.5, 0.6) is 0 Å². The van der Waals surface area contributed by atoms with Crippen molar-refractivity contribution in [3.05, 3.63) is 78.9 Å². The average Bonchev–Trinajstić information content (AvgIpc) is 3.24. The van der Waals surface area contributed by atoms with Crippen molar-refractivity contribution in [3.63, 3.8) is 0 Å². The Morgan fingerprint density at radius 3 is 2.00 bits per heavy atom. The highest BCUT2D eigenvalue weighted by atomic mass is 16.7. The summed E-state index contributed by atoms with van der Waals surface area (Å²) in [5.74, 6) is 0. The first kappa shape index (κ1) is 19.6. The molecule has 0 bridgehead atoms. The van der Waals surface area contributed by atoms with Crippen molar-refractivity contribution >= 4 is 45.3 Å². The van der Waals surface area contributed by atoms with Gasteiger partial charge in [-0.25, -0.2) is 0 Å². The second kappa shape index (κ2) is 6.71. The molecule has 5 aromatic rings. The van der Waals surface area contributed by atoms with Gasteiger partial charge in [0.1, 0.15) is 11.2 Å². The van der Waals surface area contributed by atoms with Gasteiger partial charge in [0.05, 0.1) is 11.2 Å². The number of benzene rings is 4. The molecule has 3 nitrogen and oxygen atoms in total. The summed E-state index contributed by atoms with van der Waals surface area (Å²) in [6.07, 6.45) is 0. The van der Waals surface area contributed by atoms with Crippen molar-refractivity contribution in [2.24, 2.45) is 0 Å². The Morgan fingerprint density at radius 1 is 0.656 bits per heavy atom. The van der Waals surface area contributed by atoms with Crippen LogP contribution in [0.4, 0.5) is 0 Å². The van der Waals surface area contributed by atoms with E-state index in [9.17, 15) is 0 Å². The molecule has 158 valence electrons. The third-order valence-corrected chi connectivity index (χ3v) is 7.11. The van der Waals surface area contributed by atoms with Crippen molar-refractivity contribution in [1.82, 2.24) is 0 Å². The molecule has 1 aromatic heterocycles. The smallest absolute Gasteiger partial charge is 0.456 e. The number of rotatable bonds is 2. The van der Waals surface area contributed by atoms with E-state index in [2.05, 4.69) is 100 Å². The Hall–Kier alpha value is -3.08. The van der Waals surface area contributed by atoms with E-state index in [0.29, 0.717) is 0 Å². The summed E-state index contributed by atoms with van der Waals surface area (Å²) in [4.78, 5) is 0. The Morgan fingerprint density at radius 2 is 1.31 bits per heavy atom. The molecular formula is C28H25BO3. The fraction of sp³-hybridized carbons (Fsp3) is 0.214. The number of hydrogen-bond donors (Lipinski definition) is 0. The molecule has 1 aliphatic rings. The normalized spacial score (nSPS) is 17.6. The fourth-order valence-corrected chi connectivity index (χ4v) is 4.55. The zero-order valence-electron chi connectivity index (χ0n) is 18.8. The van der Waals surface area contributed by atoms with E-state index in [4.69, 9.17) is 13.7 Å². The maximum atomic E-state index is 6.23. The first-order valence-corrected chi connectivity index (χ1v) is 11.1. The van der Waals surface area contributed by atoms with Crippen LogP contribution in [0.15, 0.2) is 83.3 Å². The Labute approximate surface area is 188 Å². The fourth-order valence-electron chi connectivity index (χ4n) is 4.55. The van der Waals surface area contributed by atoms with Gasteiger partial charge in [0.15, 0.2) is 0 Å². The van der Waals surface area contributed by atoms with Gasteiger partial charge in [0.25, 0.3) is 0 Å². The zero-order valence-corrected chi connectivity index (χ0v) is 18.8. The van der Waals surface area contributed by atoms with Crippen LogP contribution >= 0.6 is 0 Å². The lowest BCUT2D eigenvalue weighted by Gasteiger charge is -2.32. The van der Waals surface area contributed by atoms with Crippen LogP contribution in [-0.4, -0.2) is 18.3 Å². The van der Waals surface area contributed by atoms with E-state index < -0.39 is 0 Å². The number of fused-ring (bicyclic) bond motifs is 4. The monoisotopic (exact) mass is 420 g/mol. The quantitative estimate of drug-likeness (QED) is 0.298. The van der Waals surface area contributed by atoms with Crippen LogP contribution in [-0.2, 0) is 9.31 Å². The number of hydrogen-bond acceptors (Lipinski definition) is 3. The van der Waals surface area contributed by atoms with Gasteiger partial charge in [-0.2, -0.15) is 0 Å². The molecule has 1 saturated heterocycles. The van der Waals surface area contributed by atoms with E-state index in [0.717, 1.165) is 38.5 Å². The van der Waals surface area contributed by atoms with Gasteiger partial charge in [-0.3, -0.25) is 0 Å². The molecule has 2 heterocycles. The highest BCUT2D eigenvalue weighted by Gasteiger charge is 2.51. The summed E-state index contributed by atoms with van der Waals surface area (Å²) < 4.78 is 18.7. The van der Waals surface area contributed by atoms with Gasteiger partial charge < -0.3 is 13.7 Å². The second-order valence-electron chi connectivity index (χ2n) is 9.69. The van der Waals surface area contributed by atoms with E-state index in [1.54, 1.807) is 0 Å². The maximum Gasteiger partial charge on any atom is 0.494 e. The van der Waals surface area contributed by atoms with Gasteiger partial charge in [-0.15, -0.1) is 0 Å². The van der Waals surface area contributed by atoms with E-state index >= 15 is 0 Å². The van der Waals surface area contributed by atoms with Crippen molar-refractivity contribution < 1.29 is 13.7 Å². The van der Waals surface area contributed by atoms with Crippen LogP contribution in [0.2, 0.25) is 0 Å². The maximum absolute atomic E-state index is 6.23. The van der Waals surface area contributed by atoms with E-state index in [-0.39, 0.29) is 18.3 Å². The van der Waals surface area contributed by atoms with Crippen molar-refractivity contribution in [1.29, 1.82) is 0 Å². The molecule has 32 heavy (non-hydrogen) atoms. The number of furan rings is 1. The van der Waals surface area contributed by atoms with Gasteiger partial charge >= 0.3 is 7.12 Å². The van der Waals surface area contributed by atoms with Crippen molar-refractivity contribution in [2.75, 3.05) is 0 Å². The Kier molecular flexibility index (Phi) is 4.11. The molecule has 6 rings (SSSR count). The van der Waals surface area contributed by atoms with Crippen LogP contribution in [0.25, 0.3) is 43.8 Å². The van der Waals surface area contributed by atoms with Crippen LogP contribution in [0, 0.1) is 0 Å². The lowest BCUT2D eigenvalue weighted by molar-refractivity contribution is 0.00578. The van der Waals surface area contributed by atoms with Crippen molar-refractivity contribution in [3.8, 4) is 11.1 Å². The summed E-state index contributed by atoms with van der Waals surface area (Å²) in [5.41, 5.74) is 4.47. The molecule has 0 N–H and O–H groups in total. The van der Waals surface area contributed by atoms with Gasteiger partial charge in [0.2, 0.25) is 0 Å². The van der Waals surface area contributed by atoms with Gasteiger partial charge in [0, 0.05) is 10.8 Å². The van der Waals surface area contributed by atoms with Crippen LogP contribution in [0.1, 0.15) is 27.7 Å². The van der Waals surface area contributed by atoms with E-state index in [1.165, 1.54) is 10.8 Å².